The third-order valence-corrected chi connectivity index (χ3v) is 5.32. The Bertz CT molecular complexity index is 739. The molecule has 5 heteroatoms. The van der Waals surface area contributed by atoms with Crippen LogP contribution in [-0.2, 0) is 0 Å². The van der Waals surface area contributed by atoms with E-state index in [0.717, 1.165) is 34.7 Å². The first-order valence-corrected chi connectivity index (χ1v) is 9.08. The number of hydrogen-bond acceptors (Lipinski definition) is 3. The minimum atomic E-state index is -0.0316. The van der Waals surface area contributed by atoms with Crippen molar-refractivity contribution in [3.63, 3.8) is 0 Å². The molecule has 0 bridgehead atoms. The first kappa shape index (κ1) is 16.7. The van der Waals surface area contributed by atoms with Gasteiger partial charge in [0.1, 0.15) is 0 Å². The van der Waals surface area contributed by atoms with E-state index in [1.807, 2.05) is 55.1 Å². The van der Waals surface area contributed by atoms with E-state index < -0.39 is 0 Å². The number of likely N-dealkylation sites (tertiary alicyclic amines) is 1. The summed E-state index contributed by atoms with van der Waals surface area (Å²) in [7, 11) is 0. The van der Waals surface area contributed by atoms with Crippen molar-refractivity contribution in [1.29, 1.82) is 0 Å². The molecule has 0 aliphatic carbocycles. The SMILES string of the molecule is Cc1cc(C(=O)N[C@@H]2CCCN(C(=O)c3ccccc3)C2)c(C)s1. The maximum atomic E-state index is 12.6. The summed E-state index contributed by atoms with van der Waals surface area (Å²) in [5.74, 6) is 0.00738. The minimum Gasteiger partial charge on any atom is -0.347 e. The third kappa shape index (κ3) is 3.67. The highest BCUT2D eigenvalue weighted by molar-refractivity contribution is 7.12. The zero-order valence-electron chi connectivity index (χ0n) is 14.0. The number of carbonyl (C=O) groups is 2. The Hall–Kier alpha value is -2.14. The normalized spacial score (nSPS) is 17.6. The van der Waals surface area contributed by atoms with E-state index in [1.165, 1.54) is 0 Å². The number of hydrogen-bond donors (Lipinski definition) is 1. The van der Waals surface area contributed by atoms with Gasteiger partial charge in [0.2, 0.25) is 0 Å². The fraction of sp³-hybridized carbons (Fsp3) is 0.368. The molecule has 4 nitrogen and oxygen atoms in total. The standard InChI is InChI=1S/C19H22N2O2S/c1-13-11-17(14(2)24-13)18(22)20-16-9-6-10-21(12-16)19(23)15-7-4-3-5-8-15/h3-5,7-8,11,16H,6,9-10,12H2,1-2H3,(H,20,22)/t16-/m1/s1. The molecule has 1 aromatic heterocycles. The van der Waals surface area contributed by atoms with Gasteiger partial charge in [0, 0.05) is 34.4 Å². The van der Waals surface area contributed by atoms with Crippen LogP contribution in [0.25, 0.3) is 0 Å². The summed E-state index contributed by atoms with van der Waals surface area (Å²) >= 11 is 1.64. The largest absolute Gasteiger partial charge is 0.347 e. The van der Waals surface area contributed by atoms with Gasteiger partial charge in [0.25, 0.3) is 11.8 Å². The van der Waals surface area contributed by atoms with Crippen LogP contribution >= 0.6 is 11.3 Å². The van der Waals surface area contributed by atoms with Gasteiger partial charge >= 0.3 is 0 Å². The summed E-state index contributed by atoms with van der Waals surface area (Å²) in [6.45, 7) is 5.30. The average Bonchev–Trinajstić information content (AvgIpc) is 2.94. The molecule has 1 fully saturated rings. The number of amides is 2. The number of nitrogens with one attached hydrogen (secondary N) is 1. The van der Waals surface area contributed by atoms with Crippen LogP contribution in [0, 0.1) is 13.8 Å². The van der Waals surface area contributed by atoms with Crippen LogP contribution in [0.1, 0.15) is 43.3 Å². The number of benzene rings is 1. The summed E-state index contributed by atoms with van der Waals surface area (Å²) in [6.07, 6.45) is 1.82. The van der Waals surface area contributed by atoms with Crippen LogP contribution in [0.3, 0.4) is 0 Å². The van der Waals surface area contributed by atoms with Gasteiger partial charge in [-0.2, -0.15) is 0 Å². The van der Waals surface area contributed by atoms with Gasteiger partial charge in [-0.15, -0.1) is 11.3 Å². The van der Waals surface area contributed by atoms with Gasteiger partial charge in [-0.1, -0.05) is 18.2 Å². The number of thiophene rings is 1. The van der Waals surface area contributed by atoms with Crippen molar-refractivity contribution in [1.82, 2.24) is 10.2 Å². The molecule has 126 valence electrons. The molecule has 0 spiro atoms. The zero-order valence-corrected chi connectivity index (χ0v) is 14.9. The molecule has 1 saturated heterocycles. The number of rotatable bonds is 3. The van der Waals surface area contributed by atoms with E-state index in [-0.39, 0.29) is 17.9 Å². The Morgan fingerprint density at radius 3 is 2.62 bits per heavy atom. The zero-order chi connectivity index (χ0) is 17.1. The highest BCUT2D eigenvalue weighted by Gasteiger charge is 2.26. The molecule has 2 amide bonds. The summed E-state index contributed by atoms with van der Waals surface area (Å²) in [4.78, 5) is 29.1. The van der Waals surface area contributed by atoms with Gasteiger partial charge in [-0.25, -0.2) is 0 Å². The molecule has 1 aliphatic rings. The second-order valence-corrected chi connectivity index (χ2v) is 7.72. The molecule has 0 saturated carbocycles. The second kappa shape index (κ2) is 7.18. The third-order valence-electron chi connectivity index (χ3n) is 4.35. The molecule has 1 N–H and O–H groups in total. The summed E-state index contributed by atoms with van der Waals surface area (Å²) in [5, 5.41) is 3.10. The fourth-order valence-corrected chi connectivity index (χ4v) is 4.08. The number of aryl methyl sites for hydroxylation is 2. The smallest absolute Gasteiger partial charge is 0.253 e. The van der Waals surface area contributed by atoms with Crippen molar-refractivity contribution >= 4 is 23.2 Å². The maximum absolute atomic E-state index is 12.6. The lowest BCUT2D eigenvalue weighted by Gasteiger charge is -2.33. The lowest BCUT2D eigenvalue weighted by molar-refractivity contribution is 0.0676. The van der Waals surface area contributed by atoms with Crippen molar-refractivity contribution in [3.05, 3.63) is 57.3 Å². The highest BCUT2D eigenvalue weighted by atomic mass is 32.1. The van der Waals surface area contributed by atoms with Crippen molar-refractivity contribution in [2.45, 2.75) is 32.7 Å². The van der Waals surface area contributed by atoms with Crippen LogP contribution in [-0.4, -0.2) is 35.8 Å². The monoisotopic (exact) mass is 342 g/mol. The van der Waals surface area contributed by atoms with Crippen LogP contribution < -0.4 is 5.32 Å². The quantitative estimate of drug-likeness (QED) is 0.929. The van der Waals surface area contributed by atoms with Crippen molar-refractivity contribution in [3.8, 4) is 0 Å². The molecule has 1 atom stereocenters. The first-order chi connectivity index (χ1) is 11.5. The van der Waals surface area contributed by atoms with Crippen LogP contribution in [0.5, 0.6) is 0 Å². The molecule has 0 radical (unpaired) electrons. The van der Waals surface area contributed by atoms with E-state index in [9.17, 15) is 9.59 Å². The molecule has 0 unspecified atom stereocenters. The maximum Gasteiger partial charge on any atom is 0.253 e. The lowest BCUT2D eigenvalue weighted by Crippen LogP contribution is -2.49. The number of nitrogens with zero attached hydrogens (tertiary/aromatic N) is 1. The molecule has 2 aromatic rings. The van der Waals surface area contributed by atoms with E-state index in [0.29, 0.717) is 12.1 Å². The Balaban J connectivity index is 1.64. The molecular formula is C19H22N2O2S. The first-order valence-electron chi connectivity index (χ1n) is 8.27. The highest BCUT2D eigenvalue weighted by Crippen LogP contribution is 2.21. The topological polar surface area (TPSA) is 49.4 Å². The molecule has 3 rings (SSSR count). The summed E-state index contributed by atoms with van der Waals surface area (Å²) in [5.41, 5.74) is 1.46. The van der Waals surface area contributed by atoms with Gasteiger partial charge in [0.15, 0.2) is 0 Å². The average molecular weight is 342 g/mol. The number of carbonyl (C=O) groups excluding carboxylic acids is 2. The van der Waals surface area contributed by atoms with Gasteiger partial charge in [-0.05, 0) is 44.9 Å². The minimum absolute atomic E-state index is 0.0125. The summed E-state index contributed by atoms with van der Waals surface area (Å²) in [6, 6.07) is 11.3. The van der Waals surface area contributed by atoms with Crippen LogP contribution in [0.2, 0.25) is 0 Å². The predicted octanol–water partition coefficient (Wildman–Crippen LogP) is 3.40. The fourth-order valence-electron chi connectivity index (χ4n) is 3.16. The van der Waals surface area contributed by atoms with Crippen molar-refractivity contribution in [2.24, 2.45) is 0 Å². The molecule has 1 aromatic carbocycles. The van der Waals surface area contributed by atoms with Crippen LogP contribution in [0.15, 0.2) is 36.4 Å². The molecular weight excluding hydrogens is 320 g/mol. The summed E-state index contributed by atoms with van der Waals surface area (Å²) < 4.78 is 0. The van der Waals surface area contributed by atoms with E-state index in [1.54, 1.807) is 11.3 Å². The van der Waals surface area contributed by atoms with E-state index in [4.69, 9.17) is 0 Å². The van der Waals surface area contributed by atoms with Gasteiger partial charge in [-0.3, -0.25) is 9.59 Å². The van der Waals surface area contributed by atoms with E-state index >= 15 is 0 Å². The van der Waals surface area contributed by atoms with Gasteiger partial charge in [0.05, 0.1) is 5.56 Å². The van der Waals surface area contributed by atoms with Gasteiger partial charge < -0.3 is 10.2 Å². The van der Waals surface area contributed by atoms with E-state index in [2.05, 4.69) is 5.32 Å². The molecule has 24 heavy (non-hydrogen) atoms. The molecule has 2 heterocycles. The van der Waals surface area contributed by atoms with Crippen molar-refractivity contribution in [2.75, 3.05) is 13.1 Å². The number of piperidine rings is 1. The molecule has 1 aliphatic heterocycles. The van der Waals surface area contributed by atoms with Crippen molar-refractivity contribution < 1.29 is 9.59 Å². The second-order valence-electron chi connectivity index (χ2n) is 6.26. The Kier molecular flexibility index (Phi) is 5.00. The Morgan fingerprint density at radius 1 is 1.21 bits per heavy atom. The Morgan fingerprint density at radius 2 is 1.96 bits per heavy atom. The lowest BCUT2D eigenvalue weighted by atomic mass is 10.0. The van der Waals surface area contributed by atoms with Crippen LogP contribution in [0.4, 0.5) is 0 Å². The predicted molar refractivity (Wildman–Crippen MR) is 96.6 cm³/mol. The Labute approximate surface area is 146 Å².